The quantitative estimate of drug-likeness (QED) is 0.0700. The SMILES string of the molecule is Cc1ccccc1NC(=O)NCCCC[C@H](NC(=O)C(Cc1c[nH]c2ccccc12)NC(=O)OC(C)(C)C)C(=O)NCC(=O)NC(Cc1ccccc1)C(N)=O. The summed E-state index contributed by atoms with van der Waals surface area (Å²) in [6.45, 7) is 6.76. The van der Waals surface area contributed by atoms with Crippen molar-refractivity contribution in [1.82, 2.24) is 31.6 Å². The zero-order valence-corrected chi connectivity index (χ0v) is 32.2. The van der Waals surface area contributed by atoms with Crippen LogP contribution < -0.4 is 37.6 Å². The molecule has 1 aromatic heterocycles. The molecule has 0 saturated heterocycles. The number of carbonyl (C=O) groups excluding carboxylic acids is 6. The van der Waals surface area contributed by atoms with Gasteiger partial charge < -0.3 is 47.4 Å². The van der Waals surface area contributed by atoms with E-state index < -0.39 is 60.0 Å². The number of ether oxygens (including phenoxy) is 1. The van der Waals surface area contributed by atoms with Crippen LogP contribution >= 0.6 is 0 Å². The fourth-order valence-electron chi connectivity index (χ4n) is 5.88. The fourth-order valence-corrected chi connectivity index (χ4v) is 5.88. The van der Waals surface area contributed by atoms with E-state index in [4.69, 9.17) is 10.5 Å². The number of nitrogens with one attached hydrogen (secondary N) is 7. The molecule has 1 heterocycles. The largest absolute Gasteiger partial charge is 0.444 e. The summed E-state index contributed by atoms with van der Waals surface area (Å²) >= 11 is 0. The molecule has 4 rings (SSSR count). The van der Waals surface area contributed by atoms with Crippen LogP contribution in [0, 0.1) is 6.92 Å². The number of aromatic amines is 1. The molecule has 15 nitrogen and oxygen atoms in total. The molecule has 0 bridgehead atoms. The maximum absolute atomic E-state index is 14.0. The van der Waals surface area contributed by atoms with E-state index in [1.165, 1.54) is 0 Å². The minimum absolute atomic E-state index is 0.0711. The summed E-state index contributed by atoms with van der Waals surface area (Å²) in [6.07, 6.45) is 2.15. The predicted octanol–water partition coefficient (Wildman–Crippen LogP) is 3.72. The number of hydrogen-bond acceptors (Lipinski definition) is 7. The molecule has 9 N–H and O–H groups in total. The van der Waals surface area contributed by atoms with Crippen molar-refractivity contribution in [2.75, 3.05) is 18.4 Å². The fraction of sp³-hybridized carbons (Fsp3) is 0.366. The minimum atomic E-state index is -1.15. The highest BCUT2D eigenvalue weighted by Gasteiger charge is 2.30. The van der Waals surface area contributed by atoms with Gasteiger partial charge in [0, 0.05) is 42.2 Å². The molecular weight excluding hydrogens is 716 g/mol. The monoisotopic (exact) mass is 768 g/mol. The number of primary amides is 1. The Morgan fingerprint density at radius 1 is 0.750 bits per heavy atom. The Hall–Kier alpha value is -6.38. The van der Waals surface area contributed by atoms with Gasteiger partial charge in [0.15, 0.2) is 0 Å². The van der Waals surface area contributed by atoms with Crippen molar-refractivity contribution < 1.29 is 33.5 Å². The average molecular weight is 769 g/mol. The maximum atomic E-state index is 14.0. The molecule has 2 unspecified atom stereocenters. The topological polar surface area (TPSA) is 226 Å². The first-order valence-electron chi connectivity index (χ1n) is 18.5. The van der Waals surface area contributed by atoms with E-state index in [1.807, 2.05) is 55.5 Å². The number of fused-ring (bicyclic) bond motifs is 1. The lowest BCUT2D eigenvalue weighted by Gasteiger charge is -2.25. The van der Waals surface area contributed by atoms with Crippen LogP contribution in [0.1, 0.15) is 56.7 Å². The van der Waals surface area contributed by atoms with Gasteiger partial charge in [-0.25, -0.2) is 9.59 Å². The number of H-pyrrole nitrogens is 1. The molecule has 0 spiro atoms. The Bertz CT molecular complexity index is 1970. The summed E-state index contributed by atoms with van der Waals surface area (Å²) in [5.41, 5.74) is 8.68. The van der Waals surface area contributed by atoms with Crippen molar-refractivity contribution >= 4 is 52.3 Å². The summed E-state index contributed by atoms with van der Waals surface area (Å²) in [5.74, 6) is -2.71. The molecule has 0 aliphatic carbocycles. The van der Waals surface area contributed by atoms with Gasteiger partial charge in [0.2, 0.25) is 23.6 Å². The van der Waals surface area contributed by atoms with Crippen molar-refractivity contribution in [3.8, 4) is 0 Å². The van der Waals surface area contributed by atoms with Crippen molar-refractivity contribution in [2.24, 2.45) is 5.73 Å². The van der Waals surface area contributed by atoms with E-state index in [-0.39, 0.29) is 31.8 Å². The maximum Gasteiger partial charge on any atom is 0.408 e. The van der Waals surface area contributed by atoms with Crippen molar-refractivity contribution in [2.45, 2.75) is 83.5 Å². The highest BCUT2D eigenvalue weighted by atomic mass is 16.6. The van der Waals surface area contributed by atoms with Gasteiger partial charge in [-0.3, -0.25) is 19.2 Å². The van der Waals surface area contributed by atoms with Gasteiger partial charge in [0.25, 0.3) is 0 Å². The molecular formula is C41H52N8O7. The van der Waals surface area contributed by atoms with Gasteiger partial charge in [-0.1, -0.05) is 66.7 Å². The molecule has 7 amide bonds. The second kappa shape index (κ2) is 20.3. The molecule has 298 valence electrons. The number of rotatable bonds is 18. The number of aromatic nitrogens is 1. The third-order valence-corrected chi connectivity index (χ3v) is 8.72. The number of nitrogens with two attached hydrogens (primary N) is 1. The summed E-state index contributed by atoms with van der Waals surface area (Å²) in [6, 6.07) is 20.2. The number of hydrogen-bond donors (Lipinski definition) is 8. The van der Waals surface area contributed by atoms with Crippen LogP contribution in [0.5, 0.6) is 0 Å². The highest BCUT2D eigenvalue weighted by molar-refractivity contribution is 5.94. The summed E-state index contributed by atoms with van der Waals surface area (Å²) < 4.78 is 5.45. The molecule has 56 heavy (non-hydrogen) atoms. The van der Waals surface area contributed by atoms with Crippen LogP contribution in [-0.4, -0.2) is 77.6 Å². The Balaban J connectivity index is 1.44. The molecule has 0 aliphatic rings. The molecule has 15 heteroatoms. The number of alkyl carbamates (subject to hydrolysis) is 1. The first kappa shape index (κ1) is 42.4. The van der Waals surface area contributed by atoms with Crippen molar-refractivity contribution in [1.29, 1.82) is 0 Å². The summed E-state index contributed by atoms with van der Waals surface area (Å²) in [4.78, 5) is 81.2. The number of unbranched alkanes of at least 4 members (excludes halogenated alkanes) is 1. The Morgan fingerprint density at radius 2 is 1.45 bits per heavy atom. The molecule has 0 saturated carbocycles. The van der Waals surface area contributed by atoms with Crippen LogP contribution in [-0.2, 0) is 36.8 Å². The normalized spacial score (nSPS) is 12.7. The average Bonchev–Trinajstić information content (AvgIpc) is 3.55. The zero-order chi connectivity index (χ0) is 40.7. The first-order chi connectivity index (χ1) is 26.7. The third-order valence-electron chi connectivity index (χ3n) is 8.72. The van der Waals surface area contributed by atoms with Gasteiger partial charge in [-0.2, -0.15) is 0 Å². The minimum Gasteiger partial charge on any atom is -0.444 e. The first-order valence-corrected chi connectivity index (χ1v) is 18.5. The van der Waals surface area contributed by atoms with E-state index in [1.54, 1.807) is 57.3 Å². The van der Waals surface area contributed by atoms with E-state index in [0.717, 1.165) is 27.6 Å². The highest BCUT2D eigenvalue weighted by Crippen LogP contribution is 2.20. The molecule has 0 radical (unpaired) electrons. The van der Waals surface area contributed by atoms with E-state index in [9.17, 15) is 28.8 Å². The van der Waals surface area contributed by atoms with Crippen molar-refractivity contribution in [3.05, 3.63) is 102 Å². The van der Waals surface area contributed by atoms with Crippen LogP contribution in [0.2, 0.25) is 0 Å². The van der Waals surface area contributed by atoms with E-state index in [0.29, 0.717) is 18.5 Å². The van der Waals surface area contributed by atoms with Crippen molar-refractivity contribution in [3.63, 3.8) is 0 Å². The van der Waals surface area contributed by atoms with Crippen LogP contribution in [0.15, 0.2) is 85.1 Å². The zero-order valence-electron chi connectivity index (χ0n) is 32.2. The van der Waals surface area contributed by atoms with Crippen LogP contribution in [0.25, 0.3) is 10.9 Å². The van der Waals surface area contributed by atoms with E-state index in [2.05, 4.69) is 36.9 Å². The van der Waals surface area contributed by atoms with E-state index >= 15 is 0 Å². The van der Waals surface area contributed by atoms with Gasteiger partial charge >= 0.3 is 12.1 Å². The van der Waals surface area contributed by atoms with Gasteiger partial charge in [0.1, 0.15) is 23.7 Å². The number of amides is 7. The lowest BCUT2D eigenvalue weighted by molar-refractivity contribution is -0.131. The smallest absolute Gasteiger partial charge is 0.408 e. The number of para-hydroxylation sites is 2. The Labute approximate surface area is 326 Å². The molecule has 4 aromatic rings. The second-order valence-corrected chi connectivity index (χ2v) is 14.4. The van der Waals surface area contributed by atoms with Gasteiger partial charge in [-0.15, -0.1) is 0 Å². The van der Waals surface area contributed by atoms with Gasteiger partial charge in [0.05, 0.1) is 6.54 Å². The lowest BCUT2D eigenvalue weighted by atomic mass is 10.0. The van der Waals surface area contributed by atoms with Gasteiger partial charge in [-0.05, 0) is 75.8 Å². The predicted molar refractivity (Wildman–Crippen MR) is 213 cm³/mol. The lowest BCUT2D eigenvalue weighted by Crippen LogP contribution is -2.56. The number of anilines is 1. The third kappa shape index (κ3) is 13.8. The Kier molecular flexibility index (Phi) is 15.4. The molecule has 3 atom stereocenters. The van der Waals surface area contributed by atoms with Crippen LogP contribution in [0.4, 0.5) is 15.3 Å². The number of aryl methyl sites for hydroxylation is 1. The number of benzene rings is 3. The summed E-state index contributed by atoms with van der Waals surface area (Å²) in [5, 5.41) is 17.0. The Morgan fingerprint density at radius 3 is 2.16 bits per heavy atom. The number of urea groups is 1. The molecule has 0 fully saturated rings. The molecule has 3 aromatic carbocycles. The number of carbonyl (C=O) groups is 6. The van der Waals surface area contributed by atoms with Crippen LogP contribution in [0.3, 0.4) is 0 Å². The summed E-state index contributed by atoms with van der Waals surface area (Å²) in [7, 11) is 0. The standard InChI is InChI=1S/C41H52N8O7/c1-26-14-8-10-18-30(26)48-39(54)43-21-13-12-20-32(37(52)45-25-35(50)46-33(36(42)51)22-27-15-6-5-7-16-27)47-38(53)34(49-40(55)56-41(2,3)4)23-28-24-44-31-19-11-9-17-29(28)31/h5-11,14-19,24,32-34,44H,12-13,20-23,25H2,1-4H3,(H2,42,51)(H,45,52)(H,46,50)(H,47,53)(H,49,55)(H2,43,48,54)/t32-,33?,34?/m0/s1. The second-order valence-electron chi connectivity index (χ2n) is 14.4. The molecule has 0 aliphatic heterocycles.